The Balaban J connectivity index is 1.83. The largest absolute Gasteiger partial charge is 0.468 e. The van der Waals surface area contributed by atoms with Crippen molar-refractivity contribution in [1.82, 2.24) is 4.90 Å². The lowest BCUT2D eigenvalue weighted by Crippen LogP contribution is -2.29. The first-order valence-corrected chi connectivity index (χ1v) is 5.93. The normalized spacial score (nSPS) is 17.0. The van der Waals surface area contributed by atoms with Crippen LogP contribution in [0.1, 0.15) is 22.9 Å². The molecule has 3 heteroatoms. The van der Waals surface area contributed by atoms with Crippen molar-refractivity contribution in [2.75, 3.05) is 6.54 Å². The molecule has 0 aliphatic carbocycles. The van der Waals surface area contributed by atoms with Gasteiger partial charge in [-0.1, -0.05) is 24.3 Å². The molecule has 1 unspecified atom stereocenters. The van der Waals surface area contributed by atoms with E-state index < -0.39 is 0 Å². The van der Waals surface area contributed by atoms with Crippen molar-refractivity contribution < 1.29 is 4.42 Å². The van der Waals surface area contributed by atoms with Crippen molar-refractivity contribution in [3.63, 3.8) is 0 Å². The predicted octanol–water partition coefficient (Wildman–Crippen LogP) is 2.30. The standard InChI is InChI=1S/C14H16N2O/c15-8-13(14-6-3-7-17-14)16-9-11-4-1-2-5-12(11)10-16/h1-7,13H,8-10,15H2. The molecule has 2 aromatic rings. The second-order valence-electron chi connectivity index (χ2n) is 4.44. The maximum Gasteiger partial charge on any atom is 0.122 e. The second kappa shape index (κ2) is 4.35. The van der Waals surface area contributed by atoms with Crippen molar-refractivity contribution in [1.29, 1.82) is 0 Å². The Labute approximate surface area is 101 Å². The van der Waals surface area contributed by atoms with E-state index in [0.717, 1.165) is 18.8 Å². The summed E-state index contributed by atoms with van der Waals surface area (Å²) in [6, 6.07) is 12.6. The van der Waals surface area contributed by atoms with Crippen molar-refractivity contribution >= 4 is 0 Å². The minimum absolute atomic E-state index is 0.178. The topological polar surface area (TPSA) is 42.4 Å². The molecule has 3 rings (SSSR count). The van der Waals surface area contributed by atoms with E-state index in [0.29, 0.717) is 6.54 Å². The average Bonchev–Trinajstić information content (AvgIpc) is 2.98. The molecule has 1 atom stereocenters. The number of hydrogen-bond donors (Lipinski definition) is 1. The van der Waals surface area contributed by atoms with Crippen LogP contribution in [0.15, 0.2) is 47.1 Å². The summed E-state index contributed by atoms with van der Waals surface area (Å²) >= 11 is 0. The van der Waals surface area contributed by atoms with E-state index in [9.17, 15) is 0 Å². The van der Waals surface area contributed by atoms with Gasteiger partial charge in [0.05, 0.1) is 12.3 Å². The van der Waals surface area contributed by atoms with Gasteiger partial charge in [-0.05, 0) is 23.3 Å². The average molecular weight is 228 g/mol. The molecule has 17 heavy (non-hydrogen) atoms. The Morgan fingerprint density at radius 1 is 1.12 bits per heavy atom. The van der Waals surface area contributed by atoms with E-state index in [2.05, 4.69) is 29.2 Å². The molecule has 1 aliphatic heterocycles. The molecule has 88 valence electrons. The number of benzene rings is 1. The Morgan fingerprint density at radius 3 is 2.35 bits per heavy atom. The Morgan fingerprint density at radius 2 is 1.82 bits per heavy atom. The zero-order valence-electron chi connectivity index (χ0n) is 9.67. The van der Waals surface area contributed by atoms with Crippen molar-refractivity contribution in [2.45, 2.75) is 19.1 Å². The highest BCUT2D eigenvalue weighted by Crippen LogP contribution is 2.30. The molecule has 0 saturated heterocycles. The van der Waals surface area contributed by atoms with Gasteiger partial charge in [-0.3, -0.25) is 4.90 Å². The number of nitrogens with two attached hydrogens (primary N) is 1. The van der Waals surface area contributed by atoms with Gasteiger partial charge in [0.1, 0.15) is 5.76 Å². The van der Waals surface area contributed by atoms with Gasteiger partial charge in [0.25, 0.3) is 0 Å². The number of fused-ring (bicyclic) bond motifs is 1. The van der Waals surface area contributed by atoms with Gasteiger partial charge in [-0.25, -0.2) is 0 Å². The lowest BCUT2D eigenvalue weighted by atomic mass is 10.1. The number of furan rings is 1. The van der Waals surface area contributed by atoms with Gasteiger partial charge in [0.15, 0.2) is 0 Å². The van der Waals surface area contributed by atoms with E-state index in [1.807, 2.05) is 12.1 Å². The number of nitrogens with zero attached hydrogens (tertiary/aromatic N) is 1. The minimum Gasteiger partial charge on any atom is -0.468 e. The monoisotopic (exact) mass is 228 g/mol. The summed E-state index contributed by atoms with van der Waals surface area (Å²) in [5.41, 5.74) is 8.68. The molecule has 0 amide bonds. The molecule has 2 N–H and O–H groups in total. The molecule has 0 bridgehead atoms. The molecular weight excluding hydrogens is 212 g/mol. The summed E-state index contributed by atoms with van der Waals surface area (Å²) < 4.78 is 5.48. The zero-order chi connectivity index (χ0) is 11.7. The Hall–Kier alpha value is -1.58. The molecule has 1 aromatic heterocycles. The van der Waals surface area contributed by atoms with Crippen LogP contribution in [-0.4, -0.2) is 11.4 Å². The first kappa shape index (κ1) is 10.6. The van der Waals surface area contributed by atoms with E-state index in [1.165, 1.54) is 11.1 Å². The lowest BCUT2D eigenvalue weighted by Gasteiger charge is -2.24. The summed E-state index contributed by atoms with van der Waals surface area (Å²) in [4.78, 5) is 2.36. The molecule has 0 spiro atoms. The maximum atomic E-state index is 5.88. The Bertz CT molecular complexity index is 468. The molecular formula is C14H16N2O. The molecule has 1 aliphatic rings. The van der Waals surface area contributed by atoms with E-state index in [4.69, 9.17) is 10.2 Å². The SMILES string of the molecule is NCC(c1ccco1)N1Cc2ccccc2C1. The molecule has 3 nitrogen and oxygen atoms in total. The highest BCUT2D eigenvalue weighted by molar-refractivity contribution is 5.30. The Kier molecular flexibility index (Phi) is 2.71. The van der Waals surface area contributed by atoms with Gasteiger partial charge in [-0.2, -0.15) is 0 Å². The smallest absolute Gasteiger partial charge is 0.122 e. The fourth-order valence-corrected chi connectivity index (χ4v) is 2.51. The lowest BCUT2D eigenvalue weighted by molar-refractivity contribution is 0.181. The van der Waals surface area contributed by atoms with Crippen LogP contribution in [0.5, 0.6) is 0 Å². The van der Waals surface area contributed by atoms with Crippen LogP contribution in [0.4, 0.5) is 0 Å². The third-order valence-corrected chi connectivity index (χ3v) is 3.40. The molecule has 0 saturated carbocycles. The van der Waals surface area contributed by atoms with Crippen LogP contribution in [0, 0.1) is 0 Å². The summed E-state index contributed by atoms with van der Waals surface area (Å²) in [7, 11) is 0. The van der Waals surface area contributed by atoms with Crippen LogP contribution in [-0.2, 0) is 13.1 Å². The van der Waals surface area contributed by atoms with E-state index in [1.54, 1.807) is 6.26 Å². The van der Waals surface area contributed by atoms with E-state index in [-0.39, 0.29) is 6.04 Å². The van der Waals surface area contributed by atoms with Crippen LogP contribution in [0.2, 0.25) is 0 Å². The summed E-state index contributed by atoms with van der Waals surface area (Å²) in [5.74, 6) is 0.959. The maximum absolute atomic E-state index is 5.88. The van der Waals surface area contributed by atoms with Crippen LogP contribution < -0.4 is 5.73 Å². The zero-order valence-corrected chi connectivity index (χ0v) is 9.67. The summed E-state index contributed by atoms with van der Waals surface area (Å²) in [6.07, 6.45) is 1.71. The second-order valence-corrected chi connectivity index (χ2v) is 4.44. The molecule has 0 radical (unpaired) electrons. The summed E-state index contributed by atoms with van der Waals surface area (Å²) in [5, 5.41) is 0. The molecule has 2 heterocycles. The van der Waals surface area contributed by atoms with Gasteiger partial charge in [0, 0.05) is 19.6 Å². The van der Waals surface area contributed by atoms with Gasteiger partial charge in [0.2, 0.25) is 0 Å². The number of rotatable bonds is 3. The third-order valence-electron chi connectivity index (χ3n) is 3.40. The first-order chi connectivity index (χ1) is 8.38. The fraction of sp³-hybridized carbons (Fsp3) is 0.286. The minimum atomic E-state index is 0.178. The highest BCUT2D eigenvalue weighted by atomic mass is 16.3. The van der Waals surface area contributed by atoms with Crippen molar-refractivity contribution in [2.24, 2.45) is 5.73 Å². The third kappa shape index (κ3) is 1.88. The van der Waals surface area contributed by atoms with Crippen LogP contribution in [0.3, 0.4) is 0 Å². The van der Waals surface area contributed by atoms with Gasteiger partial charge >= 0.3 is 0 Å². The van der Waals surface area contributed by atoms with E-state index >= 15 is 0 Å². The molecule has 1 aromatic carbocycles. The highest BCUT2D eigenvalue weighted by Gasteiger charge is 2.27. The quantitative estimate of drug-likeness (QED) is 0.876. The summed E-state index contributed by atoms with van der Waals surface area (Å²) in [6.45, 7) is 2.50. The van der Waals surface area contributed by atoms with Crippen LogP contribution in [0.25, 0.3) is 0 Å². The van der Waals surface area contributed by atoms with Crippen molar-refractivity contribution in [3.8, 4) is 0 Å². The first-order valence-electron chi connectivity index (χ1n) is 5.93. The van der Waals surface area contributed by atoms with Gasteiger partial charge in [-0.15, -0.1) is 0 Å². The molecule has 0 fully saturated rings. The fourth-order valence-electron chi connectivity index (χ4n) is 2.51. The van der Waals surface area contributed by atoms with Crippen molar-refractivity contribution in [3.05, 3.63) is 59.5 Å². The number of hydrogen-bond acceptors (Lipinski definition) is 3. The van der Waals surface area contributed by atoms with Crippen LogP contribution >= 0.6 is 0 Å². The van der Waals surface area contributed by atoms with Gasteiger partial charge < -0.3 is 10.2 Å². The predicted molar refractivity (Wildman–Crippen MR) is 66.2 cm³/mol.